The van der Waals surface area contributed by atoms with Crippen molar-refractivity contribution in [2.75, 3.05) is 13.1 Å². The van der Waals surface area contributed by atoms with E-state index in [1.807, 2.05) is 51.2 Å². The molecular formula is C20H22N4O2S. The molecule has 0 bridgehead atoms. The maximum atomic E-state index is 13.0. The van der Waals surface area contributed by atoms with E-state index in [0.29, 0.717) is 31.7 Å². The lowest BCUT2D eigenvalue weighted by Crippen LogP contribution is -2.43. The van der Waals surface area contributed by atoms with Crippen LogP contribution in [0.4, 0.5) is 0 Å². The van der Waals surface area contributed by atoms with Crippen molar-refractivity contribution in [1.29, 1.82) is 0 Å². The number of carbonyl (C=O) groups is 2. The second-order valence-corrected chi connectivity index (χ2v) is 7.66. The summed E-state index contributed by atoms with van der Waals surface area (Å²) in [5, 5.41) is 1.94. The van der Waals surface area contributed by atoms with E-state index in [1.54, 1.807) is 11.1 Å². The highest BCUT2D eigenvalue weighted by molar-refractivity contribution is 7.15. The molecule has 1 aliphatic heterocycles. The number of hydrogen-bond acceptors (Lipinski definition) is 4. The van der Waals surface area contributed by atoms with Crippen LogP contribution in [0.15, 0.2) is 48.1 Å². The largest absolute Gasteiger partial charge is 0.335 e. The van der Waals surface area contributed by atoms with Gasteiger partial charge in [-0.05, 0) is 12.0 Å². The molecule has 4 rings (SSSR count). The molecule has 0 unspecified atom stereocenters. The second-order valence-electron chi connectivity index (χ2n) is 6.79. The zero-order chi connectivity index (χ0) is 18.8. The highest BCUT2D eigenvalue weighted by Crippen LogP contribution is 2.20. The highest BCUT2D eigenvalue weighted by Gasteiger charge is 2.31. The Balaban J connectivity index is 1.54. The van der Waals surface area contributed by atoms with Crippen LogP contribution in [-0.4, -0.2) is 50.1 Å². The summed E-state index contributed by atoms with van der Waals surface area (Å²) in [7, 11) is 0. The van der Waals surface area contributed by atoms with Crippen LogP contribution in [0.1, 0.15) is 35.8 Å². The number of aromatic nitrogens is 2. The van der Waals surface area contributed by atoms with Crippen LogP contribution in [-0.2, 0) is 11.3 Å². The van der Waals surface area contributed by atoms with Gasteiger partial charge in [0, 0.05) is 49.9 Å². The van der Waals surface area contributed by atoms with Crippen LogP contribution >= 0.6 is 11.3 Å². The van der Waals surface area contributed by atoms with Crippen molar-refractivity contribution < 1.29 is 9.59 Å². The molecule has 3 aromatic rings. The Morgan fingerprint density at radius 2 is 2.11 bits per heavy atom. The number of fused-ring (bicyclic) bond motifs is 1. The van der Waals surface area contributed by atoms with Crippen molar-refractivity contribution in [2.24, 2.45) is 0 Å². The molecule has 1 saturated heterocycles. The third kappa shape index (κ3) is 3.60. The van der Waals surface area contributed by atoms with Crippen LogP contribution in [0.2, 0.25) is 0 Å². The molecule has 3 heterocycles. The fourth-order valence-corrected chi connectivity index (χ4v) is 4.25. The molecule has 0 spiro atoms. The summed E-state index contributed by atoms with van der Waals surface area (Å²) in [4.78, 5) is 34.7. The summed E-state index contributed by atoms with van der Waals surface area (Å²) >= 11 is 1.50. The van der Waals surface area contributed by atoms with Gasteiger partial charge in [0.05, 0.1) is 0 Å². The molecule has 0 N–H and O–H groups in total. The zero-order valence-electron chi connectivity index (χ0n) is 15.2. The molecule has 0 saturated carbocycles. The Hall–Kier alpha value is -2.67. The van der Waals surface area contributed by atoms with Crippen LogP contribution in [0, 0.1) is 0 Å². The average molecular weight is 382 g/mol. The first-order chi connectivity index (χ1) is 13.2. The predicted molar refractivity (Wildman–Crippen MR) is 105 cm³/mol. The fraction of sp³-hybridized carbons (Fsp3) is 0.350. The van der Waals surface area contributed by atoms with Gasteiger partial charge >= 0.3 is 0 Å². The average Bonchev–Trinajstić information content (AvgIpc) is 3.25. The van der Waals surface area contributed by atoms with Crippen molar-refractivity contribution in [1.82, 2.24) is 19.2 Å². The number of imidazole rings is 1. The van der Waals surface area contributed by atoms with E-state index < -0.39 is 0 Å². The Labute approximate surface area is 162 Å². The first kappa shape index (κ1) is 17.7. The van der Waals surface area contributed by atoms with Gasteiger partial charge < -0.3 is 9.80 Å². The smallest absolute Gasteiger partial charge is 0.274 e. The molecule has 0 radical (unpaired) electrons. The molecule has 0 aliphatic carbocycles. The van der Waals surface area contributed by atoms with Crippen molar-refractivity contribution in [3.63, 3.8) is 0 Å². The molecule has 7 heteroatoms. The first-order valence-electron chi connectivity index (χ1n) is 9.20. The van der Waals surface area contributed by atoms with E-state index in [1.165, 1.54) is 11.3 Å². The topological polar surface area (TPSA) is 57.9 Å². The van der Waals surface area contributed by atoms with Crippen LogP contribution < -0.4 is 0 Å². The lowest BCUT2D eigenvalue weighted by Gasteiger charge is -2.31. The van der Waals surface area contributed by atoms with Gasteiger partial charge in [-0.3, -0.25) is 14.0 Å². The molecular weight excluding hydrogens is 360 g/mol. The molecule has 1 atom stereocenters. The Morgan fingerprint density at radius 1 is 1.30 bits per heavy atom. The van der Waals surface area contributed by atoms with Gasteiger partial charge in [-0.15, -0.1) is 11.3 Å². The number of nitrogens with zero attached hydrogens (tertiary/aromatic N) is 4. The minimum atomic E-state index is -0.0984. The summed E-state index contributed by atoms with van der Waals surface area (Å²) in [5.41, 5.74) is 1.55. The molecule has 27 heavy (non-hydrogen) atoms. The molecule has 1 fully saturated rings. The monoisotopic (exact) mass is 382 g/mol. The summed E-state index contributed by atoms with van der Waals surface area (Å²) < 4.78 is 1.86. The Bertz CT molecular complexity index is 921. The van der Waals surface area contributed by atoms with Crippen LogP contribution in [0.25, 0.3) is 4.96 Å². The van der Waals surface area contributed by atoms with Gasteiger partial charge in [-0.1, -0.05) is 37.3 Å². The first-order valence-corrected chi connectivity index (χ1v) is 10.1. The van der Waals surface area contributed by atoms with Gasteiger partial charge in [0.15, 0.2) is 4.96 Å². The molecule has 6 nitrogen and oxygen atoms in total. The molecule has 2 amide bonds. The van der Waals surface area contributed by atoms with E-state index >= 15 is 0 Å². The molecule has 2 aromatic heterocycles. The van der Waals surface area contributed by atoms with E-state index in [4.69, 9.17) is 0 Å². The normalized spacial score (nSPS) is 18.1. The van der Waals surface area contributed by atoms with Crippen molar-refractivity contribution in [3.8, 4) is 0 Å². The van der Waals surface area contributed by atoms with Gasteiger partial charge in [0.25, 0.3) is 5.91 Å². The standard InChI is InChI=1S/C20H22N4O2S/c1-2-16-13-22(19(26)17-14-23-10-11-27-20(23)21-17)9-8-18(25)24(16)12-15-6-4-3-5-7-15/h3-7,10-11,14,16H,2,8-9,12-13H2,1H3/t16-/m0/s1. The maximum Gasteiger partial charge on any atom is 0.274 e. The SMILES string of the molecule is CC[C@H]1CN(C(=O)c2cn3ccsc3n2)CCC(=O)N1Cc1ccccc1. The van der Waals surface area contributed by atoms with Crippen molar-refractivity contribution in [2.45, 2.75) is 32.4 Å². The van der Waals surface area contributed by atoms with Crippen molar-refractivity contribution in [3.05, 3.63) is 59.4 Å². The van der Waals surface area contributed by atoms with E-state index in [9.17, 15) is 9.59 Å². The Morgan fingerprint density at radius 3 is 2.85 bits per heavy atom. The molecule has 1 aromatic carbocycles. The number of benzene rings is 1. The maximum absolute atomic E-state index is 13.0. The van der Waals surface area contributed by atoms with Gasteiger partial charge in [0.1, 0.15) is 5.69 Å². The van der Waals surface area contributed by atoms with E-state index in [2.05, 4.69) is 11.9 Å². The Kier molecular flexibility index (Phi) is 4.94. The van der Waals surface area contributed by atoms with E-state index in [-0.39, 0.29) is 17.9 Å². The summed E-state index contributed by atoms with van der Waals surface area (Å²) in [6.45, 7) is 3.63. The molecule has 1 aliphatic rings. The number of amides is 2. The summed E-state index contributed by atoms with van der Waals surface area (Å²) in [6, 6.07) is 10.0. The lowest BCUT2D eigenvalue weighted by atomic mass is 10.1. The second kappa shape index (κ2) is 7.52. The van der Waals surface area contributed by atoms with Crippen LogP contribution in [0.5, 0.6) is 0 Å². The van der Waals surface area contributed by atoms with Crippen molar-refractivity contribution >= 4 is 28.1 Å². The lowest BCUT2D eigenvalue weighted by molar-refractivity contribution is -0.133. The fourth-order valence-electron chi connectivity index (χ4n) is 3.55. The number of rotatable bonds is 4. The minimum absolute atomic E-state index is 0.00730. The predicted octanol–water partition coefficient (Wildman–Crippen LogP) is 3.05. The minimum Gasteiger partial charge on any atom is -0.335 e. The van der Waals surface area contributed by atoms with Gasteiger partial charge in [-0.2, -0.15) is 0 Å². The highest BCUT2D eigenvalue weighted by atomic mass is 32.1. The zero-order valence-corrected chi connectivity index (χ0v) is 16.1. The third-order valence-corrected chi connectivity index (χ3v) is 5.83. The number of hydrogen-bond donors (Lipinski definition) is 0. The third-order valence-electron chi connectivity index (χ3n) is 5.05. The van der Waals surface area contributed by atoms with Gasteiger partial charge in [0.2, 0.25) is 5.91 Å². The van der Waals surface area contributed by atoms with Crippen LogP contribution in [0.3, 0.4) is 0 Å². The summed E-state index contributed by atoms with van der Waals surface area (Å²) in [5.74, 6) is 0.00513. The summed E-state index contributed by atoms with van der Waals surface area (Å²) in [6.07, 6.45) is 4.81. The number of thiazole rings is 1. The number of carbonyl (C=O) groups excluding carboxylic acids is 2. The van der Waals surface area contributed by atoms with E-state index in [0.717, 1.165) is 16.9 Å². The van der Waals surface area contributed by atoms with Gasteiger partial charge in [-0.25, -0.2) is 4.98 Å². The molecule has 140 valence electrons. The quantitative estimate of drug-likeness (QED) is 0.697.